The van der Waals surface area contributed by atoms with Crippen molar-refractivity contribution in [2.45, 2.75) is 33.0 Å². The smallest absolute Gasteiger partial charge is 0.240 e. The first-order valence-corrected chi connectivity index (χ1v) is 5.12. The maximum atomic E-state index is 11.5. The zero-order valence-electron chi connectivity index (χ0n) is 8.78. The van der Waals surface area contributed by atoms with Crippen molar-refractivity contribution in [1.82, 2.24) is 14.9 Å². The summed E-state index contributed by atoms with van der Waals surface area (Å²) in [5, 5.41) is 11.8. The molecule has 0 aliphatic carbocycles. The Morgan fingerprint density at radius 3 is 2.93 bits per heavy atom. The van der Waals surface area contributed by atoms with E-state index in [1.54, 1.807) is 10.8 Å². The fourth-order valence-electron chi connectivity index (χ4n) is 1.25. The van der Waals surface area contributed by atoms with Gasteiger partial charge in [0, 0.05) is 12.2 Å². The number of H-pyrrole nitrogens is 1. The van der Waals surface area contributed by atoms with Crippen molar-refractivity contribution < 1.29 is 9.90 Å². The second-order valence-electron chi connectivity index (χ2n) is 3.55. The van der Waals surface area contributed by atoms with Gasteiger partial charge in [0.05, 0.1) is 12.3 Å². The summed E-state index contributed by atoms with van der Waals surface area (Å²) in [5.41, 5.74) is 0.610. The second kappa shape index (κ2) is 5.09. The lowest BCUT2D eigenvalue weighted by molar-refractivity contribution is -0.122. The maximum absolute atomic E-state index is 11.5. The van der Waals surface area contributed by atoms with Crippen molar-refractivity contribution in [3.63, 3.8) is 0 Å². The minimum atomic E-state index is -0.137. The van der Waals surface area contributed by atoms with E-state index < -0.39 is 0 Å². The fraction of sp³-hybridized carbons (Fsp3) is 0.556. The number of aliphatic hydroxyl groups is 1. The van der Waals surface area contributed by atoms with Crippen LogP contribution in [-0.2, 0) is 17.9 Å². The van der Waals surface area contributed by atoms with E-state index in [9.17, 15) is 4.79 Å². The Balaban J connectivity index is 2.75. The number of nitrogens with zero attached hydrogens (tertiary/aromatic N) is 1. The maximum Gasteiger partial charge on any atom is 0.240 e. The molecule has 0 aromatic carbocycles. The van der Waals surface area contributed by atoms with Crippen molar-refractivity contribution in [1.29, 1.82) is 0 Å². The Morgan fingerprint density at radius 1 is 1.73 bits per heavy atom. The number of hydrogen-bond acceptors (Lipinski definition) is 3. The Kier molecular flexibility index (Phi) is 4.05. The lowest BCUT2D eigenvalue weighted by Crippen LogP contribution is -2.33. The number of amides is 1. The SMILES string of the molecule is CC(C)NC(=O)Cn1c(CO)c[nH]c1=S. The zero-order valence-corrected chi connectivity index (χ0v) is 9.60. The summed E-state index contributed by atoms with van der Waals surface area (Å²) in [6.07, 6.45) is 1.60. The van der Waals surface area contributed by atoms with E-state index in [2.05, 4.69) is 10.3 Å². The molecule has 0 saturated carbocycles. The predicted molar refractivity (Wildman–Crippen MR) is 58.8 cm³/mol. The summed E-state index contributed by atoms with van der Waals surface area (Å²) in [6.45, 7) is 3.78. The van der Waals surface area contributed by atoms with Crippen LogP contribution in [0, 0.1) is 4.77 Å². The Hall–Kier alpha value is -1.14. The summed E-state index contributed by atoms with van der Waals surface area (Å²) in [4.78, 5) is 14.3. The van der Waals surface area contributed by atoms with Gasteiger partial charge in [0.2, 0.25) is 5.91 Å². The quantitative estimate of drug-likeness (QED) is 0.661. The Labute approximate surface area is 93.1 Å². The molecular weight excluding hydrogens is 214 g/mol. The molecule has 0 atom stereocenters. The number of carbonyl (C=O) groups is 1. The number of nitrogens with one attached hydrogen (secondary N) is 2. The predicted octanol–water partition coefficient (Wildman–Crippen LogP) is 0.563. The van der Waals surface area contributed by atoms with Crippen LogP contribution in [0.15, 0.2) is 6.20 Å². The first-order chi connectivity index (χ1) is 7.04. The van der Waals surface area contributed by atoms with Crippen LogP contribution < -0.4 is 5.32 Å². The van der Waals surface area contributed by atoms with Crippen molar-refractivity contribution in [2.24, 2.45) is 0 Å². The highest BCUT2D eigenvalue weighted by atomic mass is 32.1. The van der Waals surface area contributed by atoms with E-state index in [4.69, 9.17) is 17.3 Å². The van der Waals surface area contributed by atoms with Crippen LogP contribution in [0.3, 0.4) is 0 Å². The van der Waals surface area contributed by atoms with E-state index in [1.807, 2.05) is 13.8 Å². The molecule has 6 heteroatoms. The average Bonchev–Trinajstić information content (AvgIpc) is 2.46. The van der Waals surface area contributed by atoms with Gasteiger partial charge in [0.15, 0.2) is 4.77 Å². The summed E-state index contributed by atoms with van der Waals surface area (Å²) < 4.78 is 2.02. The number of carbonyl (C=O) groups excluding carboxylic acids is 1. The van der Waals surface area contributed by atoms with Gasteiger partial charge in [-0.25, -0.2) is 0 Å². The van der Waals surface area contributed by atoms with Gasteiger partial charge < -0.3 is 20.0 Å². The molecule has 0 bridgehead atoms. The van der Waals surface area contributed by atoms with Gasteiger partial charge in [-0.2, -0.15) is 0 Å². The molecule has 0 spiro atoms. The topological polar surface area (TPSA) is 70.1 Å². The Morgan fingerprint density at radius 2 is 2.40 bits per heavy atom. The van der Waals surface area contributed by atoms with Crippen LogP contribution in [0.4, 0.5) is 0 Å². The highest BCUT2D eigenvalue weighted by molar-refractivity contribution is 7.71. The molecule has 15 heavy (non-hydrogen) atoms. The number of aromatic amines is 1. The van der Waals surface area contributed by atoms with E-state index in [0.717, 1.165) is 0 Å². The molecule has 5 nitrogen and oxygen atoms in total. The lowest BCUT2D eigenvalue weighted by Gasteiger charge is -2.10. The third-order valence-electron chi connectivity index (χ3n) is 1.87. The van der Waals surface area contributed by atoms with E-state index in [-0.39, 0.29) is 25.1 Å². The second-order valence-corrected chi connectivity index (χ2v) is 3.94. The summed E-state index contributed by atoms with van der Waals surface area (Å²) in [6, 6.07) is 0.100. The Bertz CT molecular complexity index is 394. The fourth-order valence-corrected chi connectivity index (χ4v) is 1.49. The van der Waals surface area contributed by atoms with Crippen molar-refractivity contribution in [3.05, 3.63) is 16.7 Å². The number of hydrogen-bond donors (Lipinski definition) is 3. The van der Waals surface area contributed by atoms with Gasteiger partial charge in [-0.3, -0.25) is 4.79 Å². The normalized spacial score (nSPS) is 10.7. The van der Waals surface area contributed by atoms with Gasteiger partial charge in [-0.15, -0.1) is 0 Å². The molecule has 0 fully saturated rings. The number of aliphatic hydroxyl groups excluding tert-OH is 1. The third kappa shape index (κ3) is 3.17. The highest BCUT2D eigenvalue weighted by Gasteiger charge is 2.08. The molecule has 1 aromatic rings. The van der Waals surface area contributed by atoms with E-state index in [1.165, 1.54) is 0 Å². The van der Waals surface area contributed by atoms with Gasteiger partial charge in [-0.05, 0) is 26.1 Å². The van der Waals surface area contributed by atoms with Gasteiger partial charge >= 0.3 is 0 Å². The van der Waals surface area contributed by atoms with Crippen LogP contribution in [0.1, 0.15) is 19.5 Å². The highest BCUT2D eigenvalue weighted by Crippen LogP contribution is 2.01. The minimum Gasteiger partial charge on any atom is -0.390 e. The van der Waals surface area contributed by atoms with Gasteiger partial charge in [0.1, 0.15) is 6.54 Å². The number of imidazole rings is 1. The van der Waals surface area contributed by atoms with Gasteiger partial charge in [0.25, 0.3) is 0 Å². The van der Waals surface area contributed by atoms with Crippen molar-refractivity contribution in [2.75, 3.05) is 0 Å². The van der Waals surface area contributed by atoms with Crippen LogP contribution >= 0.6 is 12.2 Å². The molecule has 0 saturated heterocycles. The molecule has 0 aliphatic rings. The zero-order chi connectivity index (χ0) is 11.4. The monoisotopic (exact) mass is 229 g/mol. The molecular formula is C9H15N3O2S. The van der Waals surface area contributed by atoms with Crippen LogP contribution in [-0.4, -0.2) is 26.6 Å². The number of aromatic nitrogens is 2. The summed E-state index contributed by atoms with van der Waals surface area (Å²) in [7, 11) is 0. The van der Waals surface area contributed by atoms with Crippen molar-refractivity contribution in [3.8, 4) is 0 Å². The molecule has 0 radical (unpaired) electrons. The summed E-state index contributed by atoms with van der Waals surface area (Å²) in [5.74, 6) is -0.115. The van der Waals surface area contributed by atoms with E-state index in [0.29, 0.717) is 10.5 Å². The van der Waals surface area contributed by atoms with Gasteiger partial charge in [-0.1, -0.05) is 0 Å². The first kappa shape index (κ1) is 11.9. The first-order valence-electron chi connectivity index (χ1n) is 4.72. The van der Waals surface area contributed by atoms with Crippen LogP contribution in [0.25, 0.3) is 0 Å². The standard InChI is InChI=1S/C9H15N3O2S/c1-6(2)11-8(14)4-12-7(5-13)3-10-9(12)15/h3,6,13H,4-5H2,1-2H3,(H,10,15)(H,11,14). The molecule has 3 N–H and O–H groups in total. The molecule has 1 amide bonds. The molecule has 1 heterocycles. The largest absolute Gasteiger partial charge is 0.390 e. The number of rotatable bonds is 4. The van der Waals surface area contributed by atoms with Crippen molar-refractivity contribution >= 4 is 18.1 Å². The average molecular weight is 229 g/mol. The van der Waals surface area contributed by atoms with E-state index >= 15 is 0 Å². The van der Waals surface area contributed by atoms with Crippen LogP contribution in [0.5, 0.6) is 0 Å². The molecule has 1 rings (SSSR count). The van der Waals surface area contributed by atoms with Crippen LogP contribution in [0.2, 0.25) is 0 Å². The molecule has 1 aromatic heterocycles. The lowest BCUT2D eigenvalue weighted by atomic mass is 10.4. The summed E-state index contributed by atoms with van der Waals surface area (Å²) >= 11 is 4.99. The molecule has 84 valence electrons. The molecule has 0 unspecified atom stereocenters. The molecule has 0 aliphatic heterocycles. The minimum absolute atomic E-state index is 0.100. The third-order valence-corrected chi connectivity index (χ3v) is 2.21.